The molecule has 0 radical (unpaired) electrons. The molecule has 182 valence electrons. The second-order valence-corrected chi connectivity index (χ2v) is 8.78. The zero-order valence-corrected chi connectivity index (χ0v) is 20.4. The smallest absolute Gasteiger partial charge is 0.341 e. The molecule has 6 heteroatoms. The molecule has 35 heavy (non-hydrogen) atoms. The van der Waals surface area contributed by atoms with Gasteiger partial charge in [-0.05, 0) is 78.3 Å². The van der Waals surface area contributed by atoms with E-state index in [-0.39, 0.29) is 22.6 Å². The molecule has 0 bridgehead atoms. The minimum atomic E-state index is -1.53. The molecule has 0 atom stereocenters. The summed E-state index contributed by atoms with van der Waals surface area (Å²) in [6.45, 7) is 7.97. The Kier molecular flexibility index (Phi) is 6.32. The molecule has 0 unspecified atom stereocenters. The van der Waals surface area contributed by atoms with E-state index >= 15 is 0 Å². The topological polar surface area (TPSA) is 104 Å². The van der Waals surface area contributed by atoms with Crippen LogP contribution in [-0.4, -0.2) is 27.3 Å². The summed E-state index contributed by atoms with van der Waals surface area (Å²) < 4.78 is 6.25. The third-order valence-corrected chi connectivity index (χ3v) is 7.01. The number of benzene rings is 3. The predicted octanol–water partition coefficient (Wildman–Crippen LogP) is 5.51. The third-order valence-electron chi connectivity index (χ3n) is 7.01. The molecule has 0 spiro atoms. The molecule has 0 aromatic heterocycles. The van der Waals surface area contributed by atoms with E-state index in [1.54, 1.807) is 36.4 Å². The Hall–Kier alpha value is -3.80. The Morgan fingerprint density at radius 2 is 1.31 bits per heavy atom. The maximum atomic E-state index is 13.4. The van der Waals surface area contributed by atoms with Crippen LogP contribution in [0.3, 0.4) is 0 Å². The van der Waals surface area contributed by atoms with Crippen molar-refractivity contribution in [2.45, 2.75) is 59.0 Å². The van der Waals surface area contributed by atoms with Gasteiger partial charge in [0.05, 0.1) is 11.1 Å². The Labute approximate surface area is 204 Å². The fourth-order valence-electron chi connectivity index (χ4n) is 5.56. The first kappa shape index (κ1) is 24.3. The lowest BCUT2D eigenvalue weighted by Gasteiger charge is -2.35. The number of hydrogen-bond donors (Lipinski definition) is 3. The Morgan fingerprint density at radius 3 is 1.74 bits per heavy atom. The fourth-order valence-corrected chi connectivity index (χ4v) is 5.56. The number of carboxylic acid groups (broad SMARTS) is 1. The van der Waals surface area contributed by atoms with Crippen molar-refractivity contribution in [2.75, 3.05) is 0 Å². The van der Waals surface area contributed by atoms with Crippen molar-refractivity contribution in [3.8, 4) is 11.5 Å². The maximum absolute atomic E-state index is 13.4. The van der Waals surface area contributed by atoms with Crippen LogP contribution in [0.2, 0.25) is 0 Å². The normalized spacial score (nSPS) is 14.0. The van der Waals surface area contributed by atoms with Gasteiger partial charge >= 0.3 is 11.9 Å². The van der Waals surface area contributed by atoms with Crippen LogP contribution in [0, 0.1) is 0 Å². The van der Waals surface area contributed by atoms with Crippen molar-refractivity contribution in [1.29, 1.82) is 0 Å². The van der Waals surface area contributed by atoms with E-state index in [1.165, 1.54) is 6.07 Å². The van der Waals surface area contributed by atoms with Gasteiger partial charge in [0.15, 0.2) is 5.60 Å². The van der Waals surface area contributed by atoms with Gasteiger partial charge in [0.1, 0.15) is 11.5 Å². The Bertz CT molecular complexity index is 1280. The number of aryl methyl sites for hydroxylation is 2. The van der Waals surface area contributed by atoms with E-state index in [1.807, 2.05) is 27.7 Å². The summed E-state index contributed by atoms with van der Waals surface area (Å²) in [5.74, 6) is -1.91. The summed E-state index contributed by atoms with van der Waals surface area (Å²) in [5.41, 5.74) is 3.52. The van der Waals surface area contributed by atoms with Crippen LogP contribution in [0.5, 0.6) is 11.5 Å². The summed E-state index contributed by atoms with van der Waals surface area (Å²) >= 11 is 0. The van der Waals surface area contributed by atoms with Gasteiger partial charge in [-0.25, -0.2) is 9.59 Å². The van der Waals surface area contributed by atoms with Gasteiger partial charge in [-0.1, -0.05) is 39.8 Å². The van der Waals surface area contributed by atoms with E-state index in [4.69, 9.17) is 4.74 Å². The summed E-state index contributed by atoms with van der Waals surface area (Å²) in [6.07, 6.45) is 2.51. The second kappa shape index (κ2) is 9.10. The van der Waals surface area contributed by atoms with E-state index in [2.05, 4.69) is 0 Å². The van der Waals surface area contributed by atoms with E-state index < -0.39 is 17.5 Å². The molecule has 1 heterocycles. The number of aromatic hydroxyl groups is 2. The zero-order chi connectivity index (χ0) is 25.5. The molecule has 0 fully saturated rings. The molecule has 0 amide bonds. The van der Waals surface area contributed by atoms with Crippen LogP contribution in [0.25, 0.3) is 0 Å². The van der Waals surface area contributed by atoms with E-state index in [9.17, 15) is 24.9 Å². The molecule has 4 rings (SSSR count). The summed E-state index contributed by atoms with van der Waals surface area (Å²) in [7, 11) is 0. The number of carbonyl (C=O) groups is 2. The first-order valence-electron chi connectivity index (χ1n) is 12.0. The predicted molar refractivity (Wildman–Crippen MR) is 132 cm³/mol. The van der Waals surface area contributed by atoms with Crippen LogP contribution >= 0.6 is 0 Å². The van der Waals surface area contributed by atoms with E-state index in [0.29, 0.717) is 42.4 Å². The van der Waals surface area contributed by atoms with Crippen molar-refractivity contribution < 1.29 is 29.6 Å². The fraction of sp³-hybridized carbons (Fsp3) is 0.310. The van der Waals surface area contributed by atoms with Crippen LogP contribution in [0.15, 0.2) is 42.5 Å². The number of phenols is 2. The van der Waals surface area contributed by atoms with Crippen LogP contribution in [-0.2, 0) is 36.0 Å². The molecule has 1 aliphatic rings. The molecule has 0 saturated heterocycles. The number of hydrogen-bond acceptors (Lipinski definition) is 5. The lowest BCUT2D eigenvalue weighted by molar-refractivity contribution is 0.0242. The quantitative estimate of drug-likeness (QED) is 0.390. The number of cyclic esters (lactones) is 1. The maximum Gasteiger partial charge on any atom is 0.341 e. The number of aromatic carboxylic acids is 1. The minimum absolute atomic E-state index is 0.00751. The van der Waals surface area contributed by atoms with Crippen molar-refractivity contribution >= 4 is 11.9 Å². The van der Waals surface area contributed by atoms with Gasteiger partial charge in [-0.15, -0.1) is 0 Å². The van der Waals surface area contributed by atoms with Gasteiger partial charge in [-0.2, -0.15) is 0 Å². The number of phenolic OH excluding ortho intramolecular Hbond substituents is 2. The highest BCUT2D eigenvalue weighted by atomic mass is 16.6. The number of ether oxygens (including phenoxy) is 1. The van der Waals surface area contributed by atoms with Crippen molar-refractivity contribution in [2.24, 2.45) is 0 Å². The summed E-state index contributed by atoms with van der Waals surface area (Å²) in [6, 6.07) is 11.3. The van der Waals surface area contributed by atoms with E-state index in [0.717, 1.165) is 22.3 Å². The van der Waals surface area contributed by atoms with Gasteiger partial charge in [0.2, 0.25) is 0 Å². The van der Waals surface area contributed by atoms with Gasteiger partial charge in [-0.3, -0.25) is 0 Å². The van der Waals surface area contributed by atoms with Crippen molar-refractivity contribution in [1.82, 2.24) is 0 Å². The highest BCUT2D eigenvalue weighted by Crippen LogP contribution is 2.52. The Balaban J connectivity index is 2.26. The van der Waals surface area contributed by atoms with Gasteiger partial charge in [0.25, 0.3) is 0 Å². The monoisotopic (exact) mass is 474 g/mol. The number of carbonyl (C=O) groups excluding carboxylic acids is 1. The highest BCUT2D eigenvalue weighted by molar-refractivity contribution is 6.06. The lowest BCUT2D eigenvalue weighted by atomic mass is 9.73. The standard InChI is InChI=1S/C29H30O6/c1-5-16-12-18(30)14-24(20(16)7-3)29(25-15-19(31)13-17(6-2)21(25)8-4)23-11-9-10-22(27(32)33)26(23)28(34)35-29/h9-15,30-31H,5-8H2,1-4H3,(H,32,33). The van der Waals surface area contributed by atoms with Crippen LogP contribution < -0.4 is 0 Å². The average molecular weight is 475 g/mol. The molecular weight excluding hydrogens is 444 g/mol. The lowest BCUT2D eigenvalue weighted by Crippen LogP contribution is -2.33. The second-order valence-electron chi connectivity index (χ2n) is 8.78. The van der Waals surface area contributed by atoms with Crippen molar-refractivity contribution in [3.63, 3.8) is 0 Å². The van der Waals surface area contributed by atoms with Crippen molar-refractivity contribution in [3.05, 3.63) is 92.5 Å². The van der Waals surface area contributed by atoms with Gasteiger partial charge in [0, 0.05) is 16.7 Å². The Morgan fingerprint density at radius 1 is 0.800 bits per heavy atom. The molecule has 0 aliphatic carbocycles. The summed E-state index contributed by atoms with van der Waals surface area (Å²) in [5, 5.41) is 31.3. The third kappa shape index (κ3) is 3.64. The minimum Gasteiger partial charge on any atom is -0.508 e. The summed E-state index contributed by atoms with van der Waals surface area (Å²) in [4.78, 5) is 25.5. The van der Waals surface area contributed by atoms with Crippen LogP contribution in [0.4, 0.5) is 0 Å². The molecule has 0 saturated carbocycles. The molecule has 3 aromatic rings. The molecule has 6 nitrogen and oxygen atoms in total. The number of fused-ring (bicyclic) bond motifs is 1. The largest absolute Gasteiger partial charge is 0.508 e. The zero-order valence-electron chi connectivity index (χ0n) is 20.4. The number of carboxylic acids is 1. The molecule has 3 aromatic carbocycles. The molecule has 3 N–H and O–H groups in total. The first-order chi connectivity index (χ1) is 16.7. The number of rotatable bonds is 7. The average Bonchev–Trinajstić information content (AvgIpc) is 3.15. The highest BCUT2D eigenvalue weighted by Gasteiger charge is 2.52. The SMILES string of the molecule is CCc1cc(O)cc(C2(c3cc(O)cc(CC)c3CC)OC(=O)c3c(C(=O)O)cccc32)c1CC. The van der Waals surface area contributed by atoms with Gasteiger partial charge < -0.3 is 20.1 Å². The molecular formula is C29H30O6. The number of esters is 1. The molecule has 1 aliphatic heterocycles. The first-order valence-corrected chi connectivity index (χ1v) is 12.0. The van der Waals surface area contributed by atoms with Crippen LogP contribution in [0.1, 0.15) is 87.4 Å².